The van der Waals surface area contributed by atoms with Gasteiger partial charge in [0.2, 0.25) is 5.91 Å². The van der Waals surface area contributed by atoms with Gasteiger partial charge in [0, 0.05) is 24.1 Å². The molecule has 6 nitrogen and oxygen atoms in total. The average Bonchev–Trinajstić information content (AvgIpc) is 2.69. The van der Waals surface area contributed by atoms with Crippen molar-refractivity contribution in [3.63, 3.8) is 0 Å². The summed E-state index contributed by atoms with van der Waals surface area (Å²) in [4.78, 5) is 35.7. The Bertz CT molecular complexity index is 869. The van der Waals surface area contributed by atoms with E-state index in [1.54, 1.807) is 42.5 Å². The predicted octanol–water partition coefficient (Wildman–Crippen LogP) is 4.54. The second-order valence-electron chi connectivity index (χ2n) is 5.85. The Morgan fingerprint density at radius 1 is 1.00 bits per heavy atom. The highest BCUT2D eigenvalue weighted by molar-refractivity contribution is 6.42. The zero-order valence-corrected chi connectivity index (χ0v) is 16.7. The van der Waals surface area contributed by atoms with Gasteiger partial charge in [-0.05, 0) is 36.8 Å². The Hall–Kier alpha value is -2.57. The van der Waals surface area contributed by atoms with Gasteiger partial charge in [-0.2, -0.15) is 0 Å². The third kappa shape index (κ3) is 6.87. The molecule has 8 heteroatoms. The van der Waals surface area contributed by atoms with Gasteiger partial charge in [0.1, 0.15) is 5.75 Å². The van der Waals surface area contributed by atoms with Crippen molar-refractivity contribution in [2.45, 2.75) is 19.3 Å². The highest BCUT2D eigenvalue weighted by Crippen LogP contribution is 2.25. The van der Waals surface area contributed by atoms with Gasteiger partial charge < -0.3 is 14.8 Å². The lowest BCUT2D eigenvalue weighted by atomic mass is 10.1. The molecule has 0 spiro atoms. The summed E-state index contributed by atoms with van der Waals surface area (Å²) < 4.78 is 10.0. The van der Waals surface area contributed by atoms with Crippen LogP contribution in [0.2, 0.25) is 10.0 Å². The number of Topliss-reactive ketones (excluding diaryl/α,β-unsaturated/α-hetero) is 1. The first-order chi connectivity index (χ1) is 13.4. The number of carbonyl (C=O) groups is 3. The predicted molar refractivity (Wildman–Crippen MR) is 107 cm³/mol. The van der Waals surface area contributed by atoms with Crippen LogP contribution in [-0.4, -0.2) is 31.4 Å². The highest BCUT2D eigenvalue weighted by Gasteiger charge is 2.12. The van der Waals surface area contributed by atoms with Crippen molar-refractivity contribution in [1.82, 2.24) is 0 Å². The maximum atomic E-state index is 12.0. The highest BCUT2D eigenvalue weighted by atomic mass is 35.5. The van der Waals surface area contributed by atoms with Gasteiger partial charge in [0.05, 0.1) is 17.2 Å². The molecule has 0 unspecified atom stereocenters. The second kappa shape index (κ2) is 10.7. The molecule has 0 saturated carbocycles. The third-order valence-corrected chi connectivity index (χ3v) is 4.48. The van der Waals surface area contributed by atoms with E-state index in [9.17, 15) is 14.4 Å². The smallest absolute Gasteiger partial charge is 0.306 e. The van der Waals surface area contributed by atoms with E-state index in [4.69, 9.17) is 32.7 Å². The Labute approximate surface area is 172 Å². The summed E-state index contributed by atoms with van der Waals surface area (Å²) in [5, 5.41) is 3.40. The zero-order chi connectivity index (χ0) is 20.5. The van der Waals surface area contributed by atoms with Crippen LogP contribution in [0.4, 0.5) is 5.69 Å². The molecule has 0 aliphatic carbocycles. The first-order valence-electron chi connectivity index (χ1n) is 8.47. The molecule has 0 atom stereocenters. The molecule has 0 aromatic heterocycles. The number of ether oxygens (including phenoxy) is 2. The molecule has 1 amide bonds. The Morgan fingerprint density at radius 3 is 2.50 bits per heavy atom. The summed E-state index contributed by atoms with van der Waals surface area (Å²) in [6, 6.07) is 11.3. The maximum absolute atomic E-state index is 12.0. The number of carbonyl (C=O) groups excluding carboxylic acids is 3. The topological polar surface area (TPSA) is 81.7 Å². The lowest BCUT2D eigenvalue weighted by Gasteiger charge is -2.07. The van der Waals surface area contributed by atoms with Gasteiger partial charge in [-0.15, -0.1) is 0 Å². The lowest BCUT2D eigenvalue weighted by molar-refractivity contribution is -0.142. The largest absolute Gasteiger partial charge is 0.497 e. The quantitative estimate of drug-likeness (QED) is 0.472. The van der Waals surface area contributed by atoms with Crippen LogP contribution in [0.15, 0.2) is 42.5 Å². The molecule has 0 aliphatic heterocycles. The third-order valence-electron chi connectivity index (χ3n) is 3.74. The summed E-state index contributed by atoms with van der Waals surface area (Å²) in [6.45, 7) is -0.360. The van der Waals surface area contributed by atoms with E-state index in [1.165, 1.54) is 7.11 Å². The lowest BCUT2D eigenvalue weighted by Crippen LogP contribution is -2.15. The number of amides is 1. The Kier molecular flexibility index (Phi) is 8.29. The molecular formula is C20H19Cl2NO5. The summed E-state index contributed by atoms with van der Waals surface area (Å²) in [7, 11) is 1.50. The number of hydrogen-bond donors (Lipinski definition) is 1. The van der Waals surface area contributed by atoms with Crippen LogP contribution in [-0.2, 0) is 14.3 Å². The number of nitrogens with one attached hydrogen (secondary N) is 1. The van der Waals surface area contributed by atoms with Crippen LogP contribution in [0.1, 0.15) is 29.6 Å². The van der Waals surface area contributed by atoms with Crippen LogP contribution in [0, 0.1) is 0 Å². The number of benzene rings is 2. The molecule has 2 aromatic rings. The average molecular weight is 424 g/mol. The number of halogens is 2. The Balaban J connectivity index is 1.69. The SMILES string of the molecule is COc1cccc(C(=O)COC(=O)CCCC(=O)Nc2ccc(Cl)c(Cl)c2)c1. The Morgan fingerprint density at radius 2 is 1.79 bits per heavy atom. The minimum Gasteiger partial charge on any atom is -0.497 e. The first-order valence-corrected chi connectivity index (χ1v) is 9.22. The number of hydrogen-bond acceptors (Lipinski definition) is 5. The van der Waals surface area contributed by atoms with Gasteiger partial charge in [-0.25, -0.2) is 0 Å². The van der Waals surface area contributed by atoms with Crippen molar-refractivity contribution in [3.8, 4) is 5.75 Å². The fourth-order valence-electron chi connectivity index (χ4n) is 2.29. The van der Waals surface area contributed by atoms with Gasteiger partial charge in [0.15, 0.2) is 12.4 Å². The minimum absolute atomic E-state index is 0.0280. The molecule has 2 aromatic carbocycles. The second-order valence-corrected chi connectivity index (χ2v) is 6.66. The van der Waals surface area contributed by atoms with E-state index in [0.717, 1.165) is 0 Å². The molecule has 0 saturated heterocycles. The molecule has 0 radical (unpaired) electrons. The van der Waals surface area contributed by atoms with E-state index in [0.29, 0.717) is 33.5 Å². The normalized spacial score (nSPS) is 10.2. The van der Waals surface area contributed by atoms with Crippen LogP contribution in [0.3, 0.4) is 0 Å². The van der Waals surface area contributed by atoms with Gasteiger partial charge >= 0.3 is 5.97 Å². The van der Waals surface area contributed by atoms with Crippen molar-refractivity contribution >= 4 is 46.5 Å². The standard InChI is InChI=1S/C20H19Cl2NO5/c1-27-15-5-2-4-13(10-15)18(24)12-28-20(26)7-3-6-19(25)23-14-8-9-16(21)17(22)11-14/h2,4-5,8-11H,3,6-7,12H2,1H3,(H,23,25). The monoisotopic (exact) mass is 423 g/mol. The van der Waals surface area contributed by atoms with E-state index >= 15 is 0 Å². The molecule has 0 bridgehead atoms. The van der Waals surface area contributed by atoms with Crippen molar-refractivity contribution in [2.75, 3.05) is 19.0 Å². The van der Waals surface area contributed by atoms with Gasteiger partial charge in [-0.3, -0.25) is 14.4 Å². The van der Waals surface area contributed by atoms with E-state index < -0.39 is 5.97 Å². The molecule has 0 fully saturated rings. The number of anilines is 1. The van der Waals surface area contributed by atoms with Crippen LogP contribution >= 0.6 is 23.2 Å². The summed E-state index contributed by atoms with van der Waals surface area (Å²) >= 11 is 11.7. The van der Waals surface area contributed by atoms with Crippen molar-refractivity contribution < 1.29 is 23.9 Å². The van der Waals surface area contributed by atoms with Crippen molar-refractivity contribution in [1.29, 1.82) is 0 Å². The van der Waals surface area contributed by atoms with E-state index in [2.05, 4.69) is 5.32 Å². The van der Waals surface area contributed by atoms with Gasteiger partial charge in [-0.1, -0.05) is 35.3 Å². The van der Waals surface area contributed by atoms with Crippen molar-refractivity contribution in [2.24, 2.45) is 0 Å². The number of esters is 1. The molecule has 148 valence electrons. The minimum atomic E-state index is -0.543. The fraction of sp³-hybridized carbons (Fsp3) is 0.250. The fourth-order valence-corrected chi connectivity index (χ4v) is 2.59. The van der Waals surface area contributed by atoms with Crippen molar-refractivity contribution in [3.05, 3.63) is 58.1 Å². The van der Waals surface area contributed by atoms with Crippen LogP contribution < -0.4 is 10.1 Å². The number of methoxy groups -OCH3 is 1. The number of ketones is 1. The number of rotatable bonds is 9. The van der Waals surface area contributed by atoms with Crippen LogP contribution in [0.25, 0.3) is 0 Å². The van der Waals surface area contributed by atoms with E-state index in [-0.39, 0.29) is 31.1 Å². The summed E-state index contributed by atoms with van der Waals surface area (Å²) in [5.74, 6) is -0.591. The summed E-state index contributed by atoms with van der Waals surface area (Å²) in [6.07, 6.45) is 0.443. The summed E-state index contributed by atoms with van der Waals surface area (Å²) in [5.41, 5.74) is 0.916. The first kappa shape index (κ1) is 21.7. The molecular weight excluding hydrogens is 405 g/mol. The maximum Gasteiger partial charge on any atom is 0.306 e. The molecule has 1 N–H and O–H groups in total. The molecule has 0 heterocycles. The molecule has 2 rings (SSSR count). The van der Waals surface area contributed by atoms with E-state index in [1.807, 2.05) is 0 Å². The molecule has 28 heavy (non-hydrogen) atoms. The van der Waals surface area contributed by atoms with Gasteiger partial charge in [0.25, 0.3) is 0 Å². The van der Waals surface area contributed by atoms with Crippen LogP contribution in [0.5, 0.6) is 5.75 Å². The zero-order valence-electron chi connectivity index (χ0n) is 15.2. The molecule has 0 aliphatic rings.